The SMILES string of the molecule is CNCCCn1c(Sc2cc(C)cc(Cl)c2)nc2c(N)ncnc21. The molecule has 0 saturated carbocycles. The van der Waals surface area contributed by atoms with Crippen LogP contribution in [-0.4, -0.2) is 33.1 Å². The number of halogens is 1. The van der Waals surface area contributed by atoms with E-state index in [1.54, 1.807) is 11.8 Å². The van der Waals surface area contributed by atoms with Crippen molar-refractivity contribution in [3.63, 3.8) is 0 Å². The van der Waals surface area contributed by atoms with Gasteiger partial charge in [0.1, 0.15) is 6.33 Å². The topological polar surface area (TPSA) is 81.7 Å². The quantitative estimate of drug-likeness (QED) is 0.655. The van der Waals surface area contributed by atoms with Gasteiger partial charge in [-0.25, -0.2) is 15.0 Å². The standard InChI is InChI=1S/C16H19ClN6S/c1-10-6-11(17)8-12(7-10)24-16-22-13-14(18)20-9-21-15(13)23(16)5-3-4-19-2/h6-9,19H,3-5H2,1-2H3,(H2,18,20,21). The number of hydrogen-bond donors (Lipinski definition) is 2. The maximum Gasteiger partial charge on any atom is 0.175 e. The van der Waals surface area contributed by atoms with E-state index in [1.165, 1.54) is 6.33 Å². The largest absolute Gasteiger partial charge is 0.382 e. The van der Waals surface area contributed by atoms with Gasteiger partial charge in [-0.2, -0.15) is 0 Å². The van der Waals surface area contributed by atoms with Crippen LogP contribution in [0.3, 0.4) is 0 Å². The van der Waals surface area contributed by atoms with Crippen LogP contribution in [0.15, 0.2) is 34.6 Å². The van der Waals surface area contributed by atoms with Crippen LogP contribution in [-0.2, 0) is 6.54 Å². The highest BCUT2D eigenvalue weighted by atomic mass is 35.5. The van der Waals surface area contributed by atoms with Gasteiger partial charge >= 0.3 is 0 Å². The Morgan fingerprint density at radius 2 is 2.12 bits per heavy atom. The summed E-state index contributed by atoms with van der Waals surface area (Å²) in [6, 6.07) is 5.96. The van der Waals surface area contributed by atoms with Crippen LogP contribution in [0, 0.1) is 6.92 Å². The van der Waals surface area contributed by atoms with Gasteiger partial charge < -0.3 is 15.6 Å². The summed E-state index contributed by atoms with van der Waals surface area (Å²) in [5.41, 5.74) is 8.48. The number of aromatic nitrogens is 4. The number of rotatable bonds is 6. The number of hydrogen-bond acceptors (Lipinski definition) is 6. The molecule has 3 rings (SSSR count). The molecule has 0 aliphatic heterocycles. The fraction of sp³-hybridized carbons (Fsp3) is 0.312. The number of nitrogens with zero attached hydrogens (tertiary/aromatic N) is 4. The highest BCUT2D eigenvalue weighted by molar-refractivity contribution is 7.99. The second-order valence-corrected chi connectivity index (χ2v) is 6.98. The van der Waals surface area contributed by atoms with Crippen molar-refractivity contribution in [2.75, 3.05) is 19.3 Å². The summed E-state index contributed by atoms with van der Waals surface area (Å²) in [5, 5.41) is 4.72. The Hall–Kier alpha value is -1.83. The van der Waals surface area contributed by atoms with Crippen LogP contribution in [0.4, 0.5) is 5.82 Å². The first-order chi connectivity index (χ1) is 11.6. The van der Waals surface area contributed by atoms with Crippen LogP contribution in [0.25, 0.3) is 11.2 Å². The lowest BCUT2D eigenvalue weighted by Gasteiger charge is -2.08. The summed E-state index contributed by atoms with van der Waals surface area (Å²) in [6.07, 6.45) is 2.44. The van der Waals surface area contributed by atoms with E-state index in [9.17, 15) is 0 Å². The number of nitrogen functional groups attached to an aromatic ring is 1. The summed E-state index contributed by atoms with van der Waals surface area (Å²) >= 11 is 7.73. The second-order valence-electron chi connectivity index (χ2n) is 5.50. The number of anilines is 1. The zero-order valence-electron chi connectivity index (χ0n) is 13.6. The summed E-state index contributed by atoms with van der Waals surface area (Å²) in [7, 11) is 1.94. The van der Waals surface area contributed by atoms with Crippen molar-refractivity contribution in [3.8, 4) is 0 Å². The normalized spacial score (nSPS) is 11.3. The Morgan fingerprint density at radius 1 is 1.29 bits per heavy atom. The van der Waals surface area contributed by atoms with Crippen molar-refractivity contribution >= 4 is 40.3 Å². The maximum atomic E-state index is 6.17. The van der Waals surface area contributed by atoms with E-state index in [0.29, 0.717) is 11.3 Å². The number of nitrogens with two attached hydrogens (primary N) is 1. The van der Waals surface area contributed by atoms with Gasteiger partial charge in [-0.05, 0) is 50.7 Å². The Labute approximate surface area is 149 Å². The lowest BCUT2D eigenvalue weighted by molar-refractivity contribution is 0.585. The zero-order valence-corrected chi connectivity index (χ0v) is 15.2. The van der Waals surface area contributed by atoms with E-state index in [1.807, 2.05) is 26.1 Å². The molecule has 0 amide bonds. The summed E-state index contributed by atoms with van der Waals surface area (Å²) in [6.45, 7) is 3.74. The molecule has 0 aliphatic rings. The molecule has 0 saturated heterocycles. The molecule has 3 N–H and O–H groups in total. The molecule has 0 spiro atoms. The average molecular weight is 363 g/mol. The molecule has 2 aromatic heterocycles. The van der Waals surface area contributed by atoms with E-state index in [2.05, 4.69) is 30.9 Å². The minimum Gasteiger partial charge on any atom is -0.382 e. The molecular weight excluding hydrogens is 344 g/mol. The van der Waals surface area contributed by atoms with Crippen LogP contribution in [0.5, 0.6) is 0 Å². The summed E-state index contributed by atoms with van der Waals surface area (Å²) in [5.74, 6) is 0.400. The molecule has 0 unspecified atom stereocenters. The van der Waals surface area contributed by atoms with E-state index in [4.69, 9.17) is 17.3 Å². The number of nitrogens with one attached hydrogen (secondary N) is 1. The summed E-state index contributed by atoms with van der Waals surface area (Å²) < 4.78 is 2.09. The van der Waals surface area contributed by atoms with Crippen molar-refractivity contribution in [2.45, 2.75) is 29.9 Å². The van der Waals surface area contributed by atoms with Gasteiger partial charge in [-0.15, -0.1) is 0 Å². The van der Waals surface area contributed by atoms with Gasteiger partial charge in [0.15, 0.2) is 22.1 Å². The number of imidazole rings is 1. The molecule has 0 aliphatic carbocycles. The third-order valence-corrected chi connectivity index (χ3v) is 4.74. The monoisotopic (exact) mass is 362 g/mol. The molecule has 0 bridgehead atoms. The zero-order chi connectivity index (χ0) is 17.1. The van der Waals surface area contributed by atoms with E-state index in [-0.39, 0.29) is 0 Å². The predicted octanol–water partition coefficient (Wildman–Crippen LogP) is 3.13. The van der Waals surface area contributed by atoms with Crippen LogP contribution < -0.4 is 11.1 Å². The molecule has 24 heavy (non-hydrogen) atoms. The number of fused-ring (bicyclic) bond motifs is 1. The van der Waals surface area contributed by atoms with Gasteiger partial charge in [0.05, 0.1) is 0 Å². The third-order valence-electron chi connectivity index (χ3n) is 3.56. The average Bonchev–Trinajstić information content (AvgIpc) is 2.86. The molecule has 3 aromatic rings. The number of benzene rings is 1. The van der Waals surface area contributed by atoms with Gasteiger partial charge in [-0.1, -0.05) is 23.4 Å². The van der Waals surface area contributed by atoms with Gasteiger partial charge in [-0.3, -0.25) is 0 Å². The first kappa shape index (κ1) is 17.0. The highest BCUT2D eigenvalue weighted by Gasteiger charge is 2.16. The van der Waals surface area contributed by atoms with Gasteiger partial charge in [0.25, 0.3) is 0 Å². The fourth-order valence-electron chi connectivity index (χ4n) is 2.49. The van der Waals surface area contributed by atoms with Crippen LogP contribution in [0.1, 0.15) is 12.0 Å². The van der Waals surface area contributed by atoms with Crippen LogP contribution >= 0.6 is 23.4 Å². The lowest BCUT2D eigenvalue weighted by Crippen LogP contribution is -2.11. The minimum atomic E-state index is 0.400. The minimum absolute atomic E-state index is 0.400. The third kappa shape index (κ3) is 3.63. The van der Waals surface area contributed by atoms with E-state index < -0.39 is 0 Å². The van der Waals surface area contributed by atoms with Crippen molar-refractivity contribution in [2.24, 2.45) is 0 Å². The first-order valence-corrected chi connectivity index (χ1v) is 8.84. The molecule has 1 aromatic carbocycles. The molecule has 6 nitrogen and oxygen atoms in total. The second kappa shape index (κ2) is 7.38. The Morgan fingerprint density at radius 3 is 2.88 bits per heavy atom. The molecule has 0 atom stereocenters. The fourth-order valence-corrected chi connectivity index (χ4v) is 3.92. The molecular formula is C16H19ClN6S. The smallest absolute Gasteiger partial charge is 0.175 e. The van der Waals surface area contributed by atoms with Crippen molar-refractivity contribution < 1.29 is 0 Å². The van der Waals surface area contributed by atoms with Crippen LogP contribution in [0.2, 0.25) is 5.02 Å². The van der Waals surface area contributed by atoms with Crippen molar-refractivity contribution in [3.05, 3.63) is 35.1 Å². The highest BCUT2D eigenvalue weighted by Crippen LogP contribution is 2.32. The first-order valence-electron chi connectivity index (χ1n) is 7.65. The Balaban J connectivity index is 2.01. The van der Waals surface area contributed by atoms with Gasteiger partial charge in [0.2, 0.25) is 0 Å². The molecule has 2 heterocycles. The number of aryl methyl sites for hydroxylation is 2. The van der Waals surface area contributed by atoms with Crippen molar-refractivity contribution in [1.82, 2.24) is 24.8 Å². The van der Waals surface area contributed by atoms with Gasteiger partial charge in [0, 0.05) is 16.5 Å². The molecule has 0 radical (unpaired) electrons. The maximum absolute atomic E-state index is 6.17. The Bertz CT molecular complexity index is 843. The predicted molar refractivity (Wildman–Crippen MR) is 98.6 cm³/mol. The lowest BCUT2D eigenvalue weighted by atomic mass is 10.2. The summed E-state index contributed by atoms with van der Waals surface area (Å²) in [4.78, 5) is 14.1. The molecule has 126 valence electrons. The van der Waals surface area contributed by atoms with E-state index >= 15 is 0 Å². The molecule has 8 heteroatoms. The van der Waals surface area contributed by atoms with E-state index in [0.717, 1.165) is 45.8 Å². The van der Waals surface area contributed by atoms with Crippen molar-refractivity contribution in [1.29, 1.82) is 0 Å². The Kier molecular flexibility index (Phi) is 5.23. The molecule has 0 fully saturated rings.